The standard InChI is InChI=1S/C63H95BrN10O13/c1-18-38(9)53-55(77)65-34-49(76)70(13)51(36(5)6)56(78)67-45(32-41-23-29-44(86-17)30-24-41)63(85)87-40(11)58(80)74-31-21-20-22-46(74)59(81)71(14)52(37(7)8)57(79)68-50(35(3)4)61(83)69(12)47(33-48(75)66-43-27-25-42(64)26-28-43)60(82)73(16)54(39(10)19-2)62(84)72(53)15/h23-30,35-40,45-47,50-54H,18-22,31-34H2,1-17H3,(H,65,77)(H,66,75)(H,67,78)(H,68,79)/t38-,39+,40-,45+,46+,47+,50+,51+,52+,53+,54+/m1/s1. The average molecular weight is 1280 g/mol. The Balaban J connectivity index is 1.91. The van der Waals surface area contributed by atoms with Gasteiger partial charge in [0.15, 0.2) is 6.10 Å². The Morgan fingerprint density at radius 2 is 1.17 bits per heavy atom. The van der Waals surface area contributed by atoms with Gasteiger partial charge in [-0.25, -0.2) is 4.79 Å². The maximum Gasteiger partial charge on any atom is 0.329 e. The first-order valence-corrected chi connectivity index (χ1v) is 31.0. The normalized spacial score (nSPS) is 25.5. The lowest BCUT2D eigenvalue weighted by Crippen LogP contribution is -2.63. The van der Waals surface area contributed by atoms with Gasteiger partial charge in [0, 0.05) is 58.4 Å². The fourth-order valence-electron chi connectivity index (χ4n) is 11.4. The van der Waals surface area contributed by atoms with Crippen molar-refractivity contribution in [1.82, 2.24) is 45.3 Å². The number of methoxy groups -OCH3 is 1. The number of hydrogen-bond acceptors (Lipinski definition) is 13. The Hall–Kier alpha value is -7.11. The number of carbonyl (C=O) groups is 11. The lowest BCUT2D eigenvalue weighted by Gasteiger charge is -2.41. The first kappa shape index (κ1) is 72.4. The van der Waals surface area contributed by atoms with Crippen molar-refractivity contribution in [3.63, 3.8) is 0 Å². The number of carbonyl (C=O) groups excluding carboxylic acids is 11. The SMILES string of the molecule is CC[C@@H](C)[C@H]1C(=O)NCC(=O)N(C)[C@@H](C(C)C)C(=O)N[C@@H](Cc2ccc(OC)cc2)C(=O)O[C@H](C)C(=O)N2CCCC[C@H]2C(=O)N(C)[C@@H](C(C)C)C(=O)N[C@@H](C(C)C)C(=O)N(C)[C@@H](CC(=O)Nc2ccc(Br)cc2)C(=O)N(C)[C@@H]([C@@H](C)CC)C(=O)N1C. The molecular weight excluding hydrogens is 1180 g/mol. The van der Waals surface area contributed by atoms with Gasteiger partial charge in [0.1, 0.15) is 54.1 Å². The molecule has 87 heavy (non-hydrogen) atoms. The van der Waals surface area contributed by atoms with Crippen molar-refractivity contribution < 1.29 is 62.2 Å². The fraction of sp³-hybridized carbons (Fsp3) is 0.635. The van der Waals surface area contributed by atoms with E-state index in [0.29, 0.717) is 42.7 Å². The second-order valence-electron chi connectivity index (χ2n) is 24.3. The molecule has 11 atom stereocenters. The molecule has 4 rings (SSSR count). The zero-order valence-electron chi connectivity index (χ0n) is 53.9. The maximum absolute atomic E-state index is 15.4. The van der Waals surface area contributed by atoms with Crippen LogP contribution in [-0.2, 0) is 63.9 Å². The van der Waals surface area contributed by atoms with E-state index in [1.807, 2.05) is 13.8 Å². The molecule has 0 aromatic heterocycles. The van der Waals surface area contributed by atoms with Crippen LogP contribution in [0.5, 0.6) is 5.75 Å². The number of ether oxygens (including phenoxy) is 2. The molecule has 10 amide bonds. The van der Waals surface area contributed by atoms with Gasteiger partial charge in [0.2, 0.25) is 53.2 Å². The Morgan fingerprint density at radius 1 is 0.632 bits per heavy atom. The highest BCUT2D eigenvalue weighted by Gasteiger charge is 2.46. The van der Waals surface area contributed by atoms with Gasteiger partial charge in [-0.1, -0.05) is 110 Å². The number of halogens is 1. The molecule has 0 bridgehead atoms. The van der Waals surface area contributed by atoms with E-state index in [1.165, 1.54) is 68.9 Å². The maximum atomic E-state index is 15.4. The van der Waals surface area contributed by atoms with Crippen molar-refractivity contribution in [3.8, 4) is 5.75 Å². The van der Waals surface area contributed by atoms with Crippen LogP contribution < -0.4 is 26.0 Å². The first-order valence-electron chi connectivity index (χ1n) is 30.2. The van der Waals surface area contributed by atoms with Crippen molar-refractivity contribution in [2.75, 3.05) is 60.8 Å². The third-order valence-corrected chi connectivity index (χ3v) is 17.5. The van der Waals surface area contributed by atoms with Crippen molar-refractivity contribution in [2.45, 2.75) is 176 Å². The summed E-state index contributed by atoms with van der Waals surface area (Å²) in [4.78, 5) is 169. The second kappa shape index (κ2) is 32.7. The summed E-state index contributed by atoms with van der Waals surface area (Å²) >= 11 is 3.39. The fourth-order valence-corrected chi connectivity index (χ4v) is 11.7. The van der Waals surface area contributed by atoms with E-state index in [1.54, 1.807) is 104 Å². The molecule has 2 saturated heterocycles. The number of esters is 1. The van der Waals surface area contributed by atoms with Crippen LogP contribution in [0, 0.1) is 29.6 Å². The Morgan fingerprint density at radius 3 is 1.72 bits per heavy atom. The number of cyclic esters (lactones) is 1. The van der Waals surface area contributed by atoms with Crippen molar-refractivity contribution in [3.05, 3.63) is 58.6 Å². The quantitative estimate of drug-likeness (QED) is 0.199. The summed E-state index contributed by atoms with van der Waals surface area (Å²) in [6, 6.07) is 3.15. The molecule has 0 spiro atoms. The van der Waals surface area contributed by atoms with E-state index in [2.05, 4.69) is 37.2 Å². The highest BCUT2D eigenvalue weighted by molar-refractivity contribution is 9.10. The third-order valence-electron chi connectivity index (χ3n) is 17.0. The van der Waals surface area contributed by atoms with Crippen molar-refractivity contribution in [1.29, 1.82) is 0 Å². The summed E-state index contributed by atoms with van der Waals surface area (Å²) < 4.78 is 12.0. The second-order valence-corrected chi connectivity index (χ2v) is 25.2. The number of nitrogens with one attached hydrogen (secondary N) is 4. The summed E-state index contributed by atoms with van der Waals surface area (Å²) in [6.45, 7) is 18.3. The van der Waals surface area contributed by atoms with Crippen LogP contribution in [0.15, 0.2) is 53.0 Å². The lowest BCUT2D eigenvalue weighted by atomic mass is 9.92. The smallest absolute Gasteiger partial charge is 0.329 e. The van der Waals surface area contributed by atoms with Crippen LogP contribution >= 0.6 is 15.9 Å². The summed E-state index contributed by atoms with van der Waals surface area (Å²) in [6.07, 6.45) is -0.155. The number of anilines is 1. The highest BCUT2D eigenvalue weighted by atomic mass is 79.9. The van der Waals surface area contributed by atoms with Gasteiger partial charge in [-0.2, -0.15) is 0 Å². The molecule has 24 heteroatoms. The van der Waals surface area contributed by atoms with Gasteiger partial charge in [-0.3, -0.25) is 47.9 Å². The van der Waals surface area contributed by atoms with Crippen molar-refractivity contribution in [2.24, 2.45) is 29.6 Å². The van der Waals surface area contributed by atoms with Crippen LogP contribution in [0.1, 0.15) is 120 Å². The Labute approximate surface area is 522 Å². The van der Waals surface area contributed by atoms with Gasteiger partial charge >= 0.3 is 5.97 Å². The minimum atomic E-state index is -1.57. The van der Waals surface area contributed by atoms with Crippen LogP contribution in [0.4, 0.5) is 5.69 Å². The predicted molar refractivity (Wildman–Crippen MR) is 332 cm³/mol. The molecule has 2 aromatic rings. The molecule has 0 aliphatic carbocycles. The molecule has 0 unspecified atom stereocenters. The first-order chi connectivity index (χ1) is 40.8. The molecule has 0 saturated carbocycles. The number of piperidine rings is 1. The molecule has 2 aromatic carbocycles. The number of benzene rings is 2. The van der Waals surface area contributed by atoms with Gasteiger partial charge in [0.05, 0.1) is 20.1 Å². The molecule has 2 heterocycles. The molecule has 2 aliphatic heterocycles. The summed E-state index contributed by atoms with van der Waals surface area (Å²) in [5.41, 5.74) is 0.981. The third kappa shape index (κ3) is 18.5. The van der Waals surface area contributed by atoms with Crippen LogP contribution in [0.25, 0.3) is 0 Å². The molecule has 23 nitrogen and oxygen atoms in total. The van der Waals surface area contributed by atoms with E-state index >= 15 is 14.4 Å². The largest absolute Gasteiger partial charge is 0.497 e. The van der Waals surface area contributed by atoms with Crippen LogP contribution in [0.2, 0.25) is 0 Å². The highest BCUT2D eigenvalue weighted by Crippen LogP contribution is 2.27. The number of likely N-dealkylation sites (N-methyl/N-ethyl adjacent to an activating group) is 5. The van der Waals surface area contributed by atoms with Crippen LogP contribution in [0.3, 0.4) is 0 Å². The lowest BCUT2D eigenvalue weighted by molar-refractivity contribution is -0.165. The molecule has 4 N–H and O–H groups in total. The average Bonchev–Trinajstić information content (AvgIpc) is 3.04. The zero-order valence-corrected chi connectivity index (χ0v) is 55.5. The summed E-state index contributed by atoms with van der Waals surface area (Å²) in [5, 5.41) is 11.1. The Bertz CT molecular complexity index is 2760. The van der Waals surface area contributed by atoms with Crippen molar-refractivity contribution >= 4 is 86.7 Å². The molecule has 2 aliphatic rings. The van der Waals surface area contributed by atoms with Crippen LogP contribution in [-0.4, -0.2) is 204 Å². The van der Waals surface area contributed by atoms with E-state index in [-0.39, 0.29) is 19.4 Å². The minimum absolute atomic E-state index is 0.111. The van der Waals surface area contributed by atoms with Gasteiger partial charge < -0.3 is 60.1 Å². The van der Waals surface area contributed by atoms with E-state index in [9.17, 15) is 38.4 Å². The monoisotopic (exact) mass is 1280 g/mol. The topological polar surface area (TPSA) is 274 Å². The molecule has 2 fully saturated rings. The summed E-state index contributed by atoms with van der Waals surface area (Å²) in [7, 11) is 8.49. The molecule has 0 radical (unpaired) electrons. The molecular formula is C63H95BrN10O13. The predicted octanol–water partition coefficient (Wildman–Crippen LogP) is 4.64. The number of rotatable bonds is 13. The van der Waals surface area contributed by atoms with E-state index < -0.39 is 162 Å². The van der Waals surface area contributed by atoms with Gasteiger partial charge in [-0.05, 0) is 97.7 Å². The Kier molecular flexibility index (Phi) is 27.2. The van der Waals surface area contributed by atoms with Gasteiger partial charge in [-0.15, -0.1) is 0 Å². The number of amides is 10. The molecule has 482 valence electrons. The summed E-state index contributed by atoms with van der Waals surface area (Å²) in [5.74, 6) is -10.2. The van der Waals surface area contributed by atoms with E-state index in [4.69, 9.17) is 9.47 Å². The number of fused-ring (bicyclic) bond motifs is 1. The van der Waals surface area contributed by atoms with Gasteiger partial charge in [0.25, 0.3) is 5.91 Å². The zero-order chi connectivity index (χ0) is 65.5. The number of nitrogens with zero attached hydrogens (tertiary/aromatic N) is 6. The van der Waals surface area contributed by atoms with E-state index in [0.717, 1.165) is 14.3 Å². The minimum Gasteiger partial charge on any atom is -0.497 e. The number of hydrogen-bond donors (Lipinski definition) is 4.